The molecular formula is C11H16N4O3. The maximum Gasteiger partial charge on any atom is 0.358 e. The first kappa shape index (κ1) is 13.9. The minimum Gasteiger partial charge on any atom is -0.464 e. The molecule has 18 heavy (non-hydrogen) atoms. The highest BCUT2D eigenvalue weighted by Crippen LogP contribution is 2.08. The number of carbonyl (C=O) groups is 2. The van der Waals surface area contributed by atoms with E-state index in [0.717, 1.165) is 0 Å². The molecule has 0 bridgehead atoms. The summed E-state index contributed by atoms with van der Waals surface area (Å²) in [6.07, 6.45) is 2.77. The van der Waals surface area contributed by atoms with E-state index >= 15 is 0 Å². The van der Waals surface area contributed by atoms with Gasteiger partial charge in [-0.25, -0.2) is 14.8 Å². The number of amides is 1. The van der Waals surface area contributed by atoms with Crippen molar-refractivity contribution >= 4 is 17.7 Å². The average Bonchev–Trinajstić information content (AvgIpc) is 2.43. The van der Waals surface area contributed by atoms with Gasteiger partial charge in [-0.2, -0.15) is 0 Å². The highest BCUT2D eigenvalue weighted by atomic mass is 16.5. The molecule has 0 aliphatic rings. The standard InChI is InChI=1S/C11H16N4O3/c1-4-15(7-10(16)12-2)9-6-13-8(5-14-9)11(17)18-3/h5-6H,4,7H2,1-3H3,(H,12,16). The van der Waals surface area contributed by atoms with Crippen LogP contribution in [-0.2, 0) is 9.53 Å². The number of carbonyl (C=O) groups excluding carboxylic acids is 2. The fourth-order valence-electron chi connectivity index (χ4n) is 1.30. The number of rotatable bonds is 5. The zero-order valence-corrected chi connectivity index (χ0v) is 10.6. The van der Waals surface area contributed by atoms with E-state index in [-0.39, 0.29) is 18.1 Å². The van der Waals surface area contributed by atoms with Crippen LogP contribution >= 0.6 is 0 Å². The summed E-state index contributed by atoms with van der Waals surface area (Å²) in [6, 6.07) is 0. The van der Waals surface area contributed by atoms with E-state index in [1.165, 1.54) is 19.5 Å². The Hall–Kier alpha value is -2.18. The fraction of sp³-hybridized carbons (Fsp3) is 0.455. The molecule has 1 heterocycles. The lowest BCUT2D eigenvalue weighted by molar-refractivity contribution is -0.119. The Morgan fingerprint density at radius 2 is 2.11 bits per heavy atom. The molecule has 0 saturated carbocycles. The fourth-order valence-corrected chi connectivity index (χ4v) is 1.30. The van der Waals surface area contributed by atoms with Crippen molar-refractivity contribution < 1.29 is 14.3 Å². The Morgan fingerprint density at radius 1 is 1.39 bits per heavy atom. The number of hydrogen-bond acceptors (Lipinski definition) is 6. The van der Waals surface area contributed by atoms with Crippen LogP contribution in [0.4, 0.5) is 5.82 Å². The molecule has 0 unspecified atom stereocenters. The average molecular weight is 252 g/mol. The van der Waals surface area contributed by atoms with Crippen molar-refractivity contribution in [2.24, 2.45) is 0 Å². The molecule has 1 N–H and O–H groups in total. The van der Waals surface area contributed by atoms with E-state index in [1.54, 1.807) is 11.9 Å². The third-order valence-electron chi connectivity index (χ3n) is 2.35. The van der Waals surface area contributed by atoms with Crippen LogP contribution in [0.15, 0.2) is 12.4 Å². The van der Waals surface area contributed by atoms with Crippen molar-refractivity contribution in [1.82, 2.24) is 15.3 Å². The summed E-state index contributed by atoms with van der Waals surface area (Å²) in [6.45, 7) is 2.71. The van der Waals surface area contributed by atoms with Gasteiger partial charge in [-0.05, 0) is 6.92 Å². The van der Waals surface area contributed by atoms with Crippen molar-refractivity contribution in [1.29, 1.82) is 0 Å². The number of anilines is 1. The quantitative estimate of drug-likeness (QED) is 0.733. The predicted octanol–water partition coefficient (Wildman–Crippen LogP) is -0.164. The summed E-state index contributed by atoms with van der Waals surface area (Å²) in [5.74, 6) is -0.118. The highest BCUT2D eigenvalue weighted by molar-refractivity contribution is 5.86. The number of ether oxygens (including phenoxy) is 1. The zero-order chi connectivity index (χ0) is 13.5. The Morgan fingerprint density at radius 3 is 2.56 bits per heavy atom. The molecule has 0 saturated heterocycles. The number of nitrogens with zero attached hydrogens (tertiary/aromatic N) is 3. The van der Waals surface area contributed by atoms with Gasteiger partial charge in [0.2, 0.25) is 5.91 Å². The molecule has 0 fully saturated rings. The summed E-state index contributed by atoms with van der Waals surface area (Å²) in [7, 11) is 2.85. The van der Waals surface area contributed by atoms with Crippen molar-refractivity contribution in [2.75, 3.05) is 32.1 Å². The molecular weight excluding hydrogens is 236 g/mol. The molecule has 1 aromatic heterocycles. The van der Waals surface area contributed by atoms with Gasteiger partial charge in [-0.15, -0.1) is 0 Å². The predicted molar refractivity (Wildman–Crippen MR) is 65.3 cm³/mol. The molecule has 7 nitrogen and oxygen atoms in total. The van der Waals surface area contributed by atoms with E-state index < -0.39 is 5.97 Å². The second-order valence-corrected chi connectivity index (χ2v) is 3.44. The maximum absolute atomic E-state index is 11.3. The number of nitrogens with one attached hydrogen (secondary N) is 1. The molecule has 98 valence electrons. The molecule has 7 heteroatoms. The third kappa shape index (κ3) is 3.41. The van der Waals surface area contributed by atoms with Crippen LogP contribution in [0.2, 0.25) is 0 Å². The number of likely N-dealkylation sites (N-methyl/N-ethyl adjacent to an activating group) is 2. The molecule has 0 atom stereocenters. The van der Waals surface area contributed by atoms with Gasteiger partial charge >= 0.3 is 5.97 Å². The lowest BCUT2D eigenvalue weighted by atomic mass is 10.4. The lowest BCUT2D eigenvalue weighted by Gasteiger charge is -2.20. The first-order chi connectivity index (χ1) is 8.62. The second kappa shape index (κ2) is 6.53. The topological polar surface area (TPSA) is 84.4 Å². The number of aromatic nitrogens is 2. The van der Waals surface area contributed by atoms with Gasteiger partial charge in [-0.3, -0.25) is 4.79 Å². The summed E-state index contributed by atoms with van der Waals surface area (Å²) >= 11 is 0. The Kier molecular flexibility index (Phi) is 5.04. The normalized spacial score (nSPS) is 9.72. The van der Waals surface area contributed by atoms with Gasteiger partial charge in [-0.1, -0.05) is 0 Å². The molecule has 0 aromatic carbocycles. The van der Waals surface area contributed by atoms with Gasteiger partial charge in [0.05, 0.1) is 26.0 Å². The molecule has 0 aliphatic heterocycles. The zero-order valence-electron chi connectivity index (χ0n) is 10.6. The Balaban J connectivity index is 2.81. The number of hydrogen-bond donors (Lipinski definition) is 1. The maximum atomic E-state index is 11.3. The van der Waals surface area contributed by atoms with Crippen molar-refractivity contribution in [3.63, 3.8) is 0 Å². The number of methoxy groups -OCH3 is 1. The van der Waals surface area contributed by atoms with Crippen LogP contribution in [0, 0.1) is 0 Å². The minimum atomic E-state index is -0.539. The Labute approximate surface area is 105 Å². The van der Waals surface area contributed by atoms with E-state index in [4.69, 9.17) is 0 Å². The van der Waals surface area contributed by atoms with Gasteiger partial charge in [0, 0.05) is 13.6 Å². The smallest absolute Gasteiger partial charge is 0.358 e. The summed E-state index contributed by atoms with van der Waals surface area (Å²) in [4.78, 5) is 32.3. The van der Waals surface area contributed by atoms with E-state index in [0.29, 0.717) is 12.4 Å². The molecule has 1 aromatic rings. The minimum absolute atomic E-state index is 0.115. The van der Waals surface area contributed by atoms with Crippen LogP contribution in [-0.4, -0.2) is 49.1 Å². The summed E-state index contributed by atoms with van der Waals surface area (Å²) in [5.41, 5.74) is 0.136. The summed E-state index contributed by atoms with van der Waals surface area (Å²) in [5, 5.41) is 2.54. The van der Waals surface area contributed by atoms with Gasteiger partial charge < -0.3 is 15.0 Å². The number of esters is 1. The van der Waals surface area contributed by atoms with Crippen LogP contribution in [0.1, 0.15) is 17.4 Å². The van der Waals surface area contributed by atoms with Gasteiger partial charge in [0.15, 0.2) is 5.69 Å². The van der Waals surface area contributed by atoms with E-state index in [9.17, 15) is 9.59 Å². The lowest BCUT2D eigenvalue weighted by Crippen LogP contribution is -2.36. The van der Waals surface area contributed by atoms with Crippen molar-refractivity contribution in [2.45, 2.75) is 6.92 Å². The first-order valence-electron chi connectivity index (χ1n) is 5.48. The molecule has 0 radical (unpaired) electrons. The molecule has 1 amide bonds. The van der Waals surface area contributed by atoms with Crippen LogP contribution in [0.5, 0.6) is 0 Å². The second-order valence-electron chi connectivity index (χ2n) is 3.44. The first-order valence-corrected chi connectivity index (χ1v) is 5.48. The van der Waals surface area contributed by atoms with Gasteiger partial charge in [0.25, 0.3) is 0 Å². The van der Waals surface area contributed by atoms with Crippen LogP contribution in [0.25, 0.3) is 0 Å². The molecule has 0 spiro atoms. The van der Waals surface area contributed by atoms with Crippen LogP contribution < -0.4 is 10.2 Å². The highest BCUT2D eigenvalue weighted by Gasteiger charge is 2.12. The van der Waals surface area contributed by atoms with Gasteiger partial charge in [0.1, 0.15) is 5.82 Å². The molecule has 1 rings (SSSR count). The third-order valence-corrected chi connectivity index (χ3v) is 2.35. The largest absolute Gasteiger partial charge is 0.464 e. The van der Waals surface area contributed by atoms with Crippen molar-refractivity contribution in [3.8, 4) is 0 Å². The summed E-state index contributed by atoms with van der Waals surface area (Å²) < 4.78 is 4.53. The molecule has 0 aliphatic carbocycles. The Bertz CT molecular complexity index is 419. The SMILES string of the molecule is CCN(CC(=O)NC)c1cnc(C(=O)OC)cn1. The van der Waals surface area contributed by atoms with Crippen LogP contribution in [0.3, 0.4) is 0 Å². The monoisotopic (exact) mass is 252 g/mol. The van der Waals surface area contributed by atoms with E-state index in [2.05, 4.69) is 20.0 Å². The van der Waals surface area contributed by atoms with E-state index in [1.807, 2.05) is 6.92 Å². The van der Waals surface area contributed by atoms with Crippen molar-refractivity contribution in [3.05, 3.63) is 18.1 Å².